The summed E-state index contributed by atoms with van der Waals surface area (Å²) in [6, 6.07) is 7.80. The number of aromatic nitrogens is 2. The molecule has 0 aliphatic heterocycles. The number of nitrogens with zero attached hydrogens (tertiary/aromatic N) is 2. The molecule has 0 unspecified atom stereocenters. The monoisotopic (exact) mass is 384 g/mol. The van der Waals surface area contributed by atoms with Crippen LogP contribution in [0.2, 0.25) is 0 Å². The molecule has 0 N–H and O–H groups in total. The molecule has 0 radical (unpaired) electrons. The van der Waals surface area contributed by atoms with E-state index in [0.29, 0.717) is 12.1 Å². The van der Waals surface area contributed by atoms with Gasteiger partial charge in [0, 0.05) is 17.4 Å². The van der Waals surface area contributed by atoms with Gasteiger partial charge in [0.15, 0.2) is 5.78 Å². The van der Waals surface area contributed by atoms with Gasteiger partial charge < -0.3 is 0 Å². The number of carbonyl (C=O) groups is 1. The van der Waals surface area contributed by atoms with Gasteiger partial charge in [-0.3, -0.25) is 9.48 Å². The van der Waals surface area contributed by atoms with Crippen molar-refractivity contribution in [2.24, 2.45) is 0 Å². The lowest BCUT2D eigenvalue weighted by atomic mass is 10.1. The number of Topliss-reactive ketones (excluding diaryl/α,β-unsaturated/α-hetero) is 1. The van der Waals surface area contributed by atoms with E-state index < -0.39 is 0 Å². The van der Waals surface area contributed by atoms with Crippen molar-refractivity contribution in [3.63, 3.8) is 0 Å². The van der Waals surface area contributed by atoms with Gasteiger partial charge >= 0.3 is 0 Å². The number of ketones is 1. The first kappa shape index (κ1) is 14.5. The largest absolute Gasteiger partial charge is 0.292 e. The lowest BCUT2D eigenvalue weighted by Gasteiger charge is -2.06. The van der Waals surface area contributed by atoms with Crippen LogP contribution < -0.4 is 0 Å². The molecule has 0 atom stereocenters. The van der Waals surface area contributed by atoms with Crippen molar-refractivity contribution in [2.75, 3.05) is 0 Å². The van der Waals surface area contributed by atoms with Crippen LogP contribution in [-0.4, -0.2) is 15.6 Å². The molecule has 1 heterocycles. The highest BCUT2D eigenvalue weighted by Gasteiger charge is 2.17. The Kier molecular flexibility index (Phi) is 4.93. The average Bonchev–Trinajstić information content (AvgIpc) is 2.74. The van der Waals surface area contributed by atoms with Crippen LogP contribution in [0.15, 0.2) is 39.4 Å². The van der Waals surface area contributed by atoms with Crippen LogP contribution in [0, 0.1) is 0 Å². The summed E-state index contributed by atoms with van der Waals surface area (Å²) >= 11 is 6.79. The fourth-order valence-electron chi connectivity index (χ4n) is 1.89. The summed E-state index contributed by atoms with van der Waals surface area (Å²) in [7, 11) is 0. The first-order valence-corrected chi connectivity index (χ1v) is 7.69. The summed E-state index contributed by atoms with van der Waals surface area (Å²) in [5.74, 6) is 0.0835. The Morgan fingerprint density at radius 2 is 1.95 bits per heavy atom. The van der Waals surface area contributed by atoms with E-state index in [1.807, 2.05) is 24.3 Å². The van der Waals surface area contributed by atoms with Crippen molar-refractivity contribution >= 4 is 37.6 Å². The van der Waals surface area contributed by atoms with Crippen LogP contribution in [0.5, 0.6) is 0 Å². The summed E-state index contributed by atoms with van der Waals surface area (Å²) in [4.78, 5) is 12.4. The van der Waals surface area contributed by atoms with E-state index in [1.54, 1.807) is 10.9 Å². The van der Waals surface area contributed by atoms with Crippen molar-refractivity contribution in [3.8, 4) is 0 Å². The molecule has 0 amide bonds. The molecule has 3 nitrogen and oxygen atoms in total. The Morgan fingerprint density at radius 3 is 2.58 bits per heavy atom. The van der Waals surface area contributed by atoms with Crippen LogP contribution in [0.3, 0.4) is 0 Å². The molecule has 19 heavy (non-hydrogen) atoms. The van der Waals surface area contributed by atoms with Crippen molar-refractivity contribution in [1.82, 2.24) is 9.78 Å². The molecule has 0 bridgehead atoms. The Labute approximate surface area is 129 Å². The number of halogens is 2. The van der Waals surface area contributed by atoms with E-state index in [1.165, 1.54) is 0 Å². The minimum Gasteiger partial charge on any atom is -0.292 e. The van der Waals surface area contributed by atoms with Crippen LogP contribution >= 0.6 is 31.9 Å². The quantitative estimate of drug-likeness (QED) is 0.721. The van der Waals surface area contributed by atoms with E-state index in [0.717, 1.165) is 27.5 Å². The third-order valence-electron chi connectivity index (χ3n) is 2.77. The minimum absolute atomic E-state index is 0.0835. The van der Waals surface area contributed by atoms with Crippen molar-refractivity contribution in [3.05, 3.63) is 50.7 Å². The van der Waals surface area contributed by atoms with E-state index >= 15 is 0 Å². The molecule has 1 aromatic carbocycles. The molecule has 2 aromatic rings. The first-order chi connectivity index (χ1) is 9.11. The van der Waals surface area contributed by atoms with Gasteiger partial charge in [0.1, 0.15) is 5.69 Å². The molecule has 2 rings (SSSR count). The van der Waals surface area contributed by atoms with E-state index in [-0.39, 0.29) is 5.78 Å². The fourth-order valence-corrected chi connectivity index (χ4v) is 2.67. The summed E-state index contributed by atoms with van der Waals surface area (Å²) in [6.07, 6.45) is 3.03. The number of carbonyl (C=O) groups excluding carboxylic acids is 1. The minimum atomic E-state index is 0.0835. The topological polar surface area (TPSA) is 34.9 Å². The van der Waals surface area contributed by atoms with E-state index in [2.05, 4.69) is 43.9 Å². The third kappa shape index (κ3) is 3.54. The second-order valence-corrected chi connectivity index (χ2v) is 6.06. The lowest BCUT2D eigenvalue weighted by molar-refractivity contribution is 0.0981. The summed E-state index contributed by atoms with van der Waals surface area (Å²) < 4.78 is 3.55. The van der Waals surface area contributed by atoms with Crippen LogP contribution in [0.4, 0.5) is 0 Å². The van der Waals surface area contributed by atoms with Gasteiger partial charge in [-0.1, -0.05) is 35.0 Å². The molecular formula is C14H14Br2N2O. The summed E-state index contributed by atoms with van der Waals surface area (Å²) in [5.41, 5.74) is 1.66. The molecule has 0 saturated carbocycles. The second-order valence-electron chi connectivity index (χ2n) is 4.29. The zero-order valence-electron chi connectivity index (χ0n) is 10.6. The van der Waals surface area contributed by atoms with Crippen molar-refractivity contribution in [1.29, 1.82) is 0 Å². The van der Waals surface area contributed by atoms with Gasteiger partial charge in [-0.2, -0.15) is 5.10 Å². The van der Waals surface area contributed by atoms with Gasteiger partial charge in [0.2, 0.25) is 0 Å². The Morgan fingerprint density at radius 1 is 1.26 bits per heavy atom. The van der Waals surface area contributed by atoms with Gasteiger partial charge in [-0.25, -0.2) is 0 Å². The van der Waals surface area contributed by atoms with E-state index in [9.17, 15) is 4.79 Å². The first-order valence-electron chi connectivity index (χ1n) is 6.10. The molecule has 0 aliphatic carbocycles. The van der Waals surface area contributed by atoms with Crippen LogP contribution in [0.1, 0.15) is 29.4 Å². The maximum absolute atomic E-state index is 12.4. The molecule has 0 fully saturated rings. The second kappa shape index (κ2) is 6.48. The van der Waals surface area contributed by atoms with Crippen molar-refractivity contribution in [2.45, 2.75) is 26.3 Å². The molecule has 5 heteroatoms. The SMILES string of the molecule is CCCn1ncc(Br)c1C(=O)Cc1ccc(Br)cc1. The lowest BCUT2D eigenvalue weighted by Crippen LogP contribution is -2.13. The van der Waals surface area contributed by atoms with Gasteiger partial charge in [0.05, 0.1) is 10.7 Å². The highest BCUT2D eigenvalue weighted by atomic mass is 79.9. The number of hydrogen-bond donors (Lipinski definition) is 0. The molecule has 0 saturated heterocycles. The van der Waals surface area contributed by atoms with Gasteiger partial charge in [0.25, 0.3) is 0 Å². The van der Waals surface area contributed by atoms with Crippen LogP contribution in [-0.2, 0) is 13.0 Å². The fraction of sp³-hybridized carbons (Fsp3) is 0.286. The Bertz CT molecular complexity index is 576. The van der Waals surface area contributed by atoms with Gasteiger partial charge in [-0.05, 0) is 40.0 Å². The molecule has 100 valence electrons. The predicted molar refractivity (Wildman–Crippen MR) is 82.4 cm³/mol. The van der Waals surface area contributed by atoms with Crippen LogP contribution in [0.25, 0.3) is 0 Å². The maximum atomic E-state index is 12.4. The summed E-state index contributed by atoms with van der Waals surface area (Å²) in [6.45, 7) is 2.82. The predicted octanol–water partition coefficient (Wildman–Crippen LogP) is 4.24. The van der Waals surface area contributed by atoms with E-state index in [4.69, 9.17) is 0 Å². The standard InChI is InChI=1S/C14H14Br2N2O/c1-2-7-18-14(12(16)9-17-18)13(19)8-10-3-5-11(15)6-4-10/h3-6,9H,2,7-8H2,1H3. The zero-order chi connectivity index (χ0) is 13.8. The normalized spacial score (nSPS) is 10.7. The zero-order valence-corrected chi connectivity index (χ0v) is 13.7. The molecule has 0 aliphatic rings. The number of rotatable bonds is 5. The number of hydrogen-bond acceptors (Lipinski definition) is 2. The molecule has 0 spiro atoms. The highest BCUT2D eigenvalue weighted by molar-refractivity contribution is 9.10. The Balaban J connectivity index is 2.20. The number of benzene rings is 1. The highest BCUT2D eigenvalue weighted by Crippen LogP contribution is 2.19. The maximum Gasteiger partial charge on any atom is 0.186 e. The molecule has 1 aromatic heterocycles. The van der Waals surface area contributed by atoms with Gasteiger partial charge in [-0.15, -0.1) is 0 Å². The van der Waals surface area contributed by atoms with Crippen molar-refractivity contribution < 1.29 is 4.79 Å². The number of aryl methyl sites for hydroxylation is 1. The smallest absolute Gasteiger partial charge is 0.186 e. The molecular weight excluding hydrogens is 372 g/mol. The average molecular weight is 386 g/mol. The third-order valence-corrected chi connectivity index (χ3v) is 3.88. The Hall–Kier alpha value is -0.940. The summed E-state index contributed by atoms with van der Waals surface area (Å²) in [5, 5.41) is 4.22.